The highest BCUT2D eigenvalue weighted by molar-refractivity contribution is 5.16. The van der Waals surface area contributed by atoms with E-state index >= 15 is 0 Å². The van der Waals surface area contributed by atoms with Crippen LogP contribution < -0.4 is 0 Å². The second-order valence-corrected chi connectivity index (χ2v) is 4.54. The molecule has 2 heterocycles. The van der Waals surface area contributed by atoms with Crippen molar-refractivity contribution in [3.8, 4) is 0 Å². The van der Waals surface area contributed by atoms with Gasteiger partial charge < -0.3 is 9.84 Å². The first-order chi connectivity index (χ1) is 7.79. The summed E-state index contributed by atoms with van der Waals surface area (Å²) in [7, 11) is 0. The number of nitrogens with zero attached hydrogens (tertiary/aromatic N) is 1. The van der Waals surface area contributed by atoms with E-state index in [1.54, 1.807) is 12.4 Å². The fourth-order valence-electron chi connectivity index (χ4n) is 2.31. The molecular weight excluding hydrogens is 202 g/mol. The Bertz CT molecular complexity index is 309. The van der Waals surface area contributed by atoms with Crippen molar-refractivity contribution in [3.63, 3.8) is 0 Å². The molecule has 0 bridgehead atoms. The molecule has 0 radical (unpaired) electrons. The molecule has 0 spiro atoms. The summed E-state index contributed by atoms with van der Waals surface area (Å²) in [6, 6.07) is 3.94. The van der Waals surface area contributed by atoms with Gasteiger partial charge in [0.05, 0.1) is 12.7 Å². The fraction of sp³-hybridized carbons (Fsp3) is 0.615. The van der Waals surface area contributed by atoms with Crippen molar-refractivity contribution >= 4 is 0 Å². The Labute approximate surface area is 96.5 Å². The Morgan fingerprint density at radius 2 is 2.19 bits per heavy atom. The summed E-state index contributed by atoms with van der Waals surface area (Å²) < 4.78 is 5.42. The van der Waals surface area contributed by atoms with Crippen LogP contribution in [0.1, 0.15) is 31.2 Å². The highest BCUT2D eigenvalue weighted by Gasteiger charge is 2.27. The van der Waals surface area contributed by atoms with Crippen molar-refractivity contribution in [3.05, 3.63) is 30.1 Å². The number of aliphatic hydroxyl groups excluding tert-OH is 1. The van der Waals surface area contributed by atoms with Crippen LogP contribution in [0.4, 0.5) is 0 Å². The van der Waals surface area contributed by atoms with E-state index in [1.165, 1.54) is 0 Å². The molecule has 3 atom stereocenters. The molecule has 3 heteroatoms. The second kappa shape index (κ2) is 5.41. The van der Waals surface area contributed by atoms with Gasteiger partial charge in [-0.1, -0.05) is 6.92 Å². The number of pyridine rings is 1. The van der Waals surface area contributed by atoms with Gasteiger partial charge in [0, 0.05) is 30.8 Å². The average molecular weight is 221 g/mol. The first kappa shape index (κ1) is 11.6. The van der Waals surface area contributed by atoms with E-state index in [0.29, 0.717) is 6.61 Å². The van der Waals surface area contributed by atoms with Crippen LogP contribution in [0.25, 0.3) is 0 Å². The van der Waals surface area contributed by atoms with E-state index in [-0.39, 0.29) is 17.9 Å². The monoisotopic (exact) mass is 221 g/mol. The normalized spacial score (nSPS) is 25.0. The average Bonchev–Trinajstić information content (AvgIpc) is 2.39. The maximum atomic E-state index is 10.3. The maximum Gasteiger partial charge on any atom is 0.0656 e. The van der Waals surface area contributed by atoms with Gasteiger partial charge in [0.25, 0.3) is 0 Å². The molecule has 0 amide bonds. The van der Waals surface area contributed by atoms with E-state index in [2.05, 4.69) is 11.9 Å². The van der Waals surface area contributed by atoms with Gasteiger partial charge in [-0.3, -0.25) is 4.98 Å². The molecule has 88 valence electrons. The predicted molar refractivity (Wildman–Crippen MR) is 62.2 cm³/mol. The molecule has 1 aliphatic heterocycles. The standard InChI is InChI=1S/C13H19NO2/c1-10(11-4-6-14-7-5-11)13(15)12-3-2-8-16-9-12/h4-7,10,12-13,15H,2-3,8-9H2,1H3. The molecule has 1 aromatic heterocycles. The van der Waals surface area contributed by atoms with Crippen molar-refractivity contribution in [2.45, 2.75) is 31.8 Å². The Hall–Kier alpha value is -0.930. The van der Waals surface area contributed by atoms with E-state index in [1.807, 2.05) is 12.1 Å². The lowest BCUT2D eigenvalue weighted by atomic mass is 9.85. The van der Waals surface area contributed by atoms with Gasteiger partial charge in [-0.2, -0.15) is 0 Å². The van der Waals surface area contributed by atoms with Gasteiger partial charge in [-0.25, -0.2) is 0 Å². The Balaban J connectivity index is 2.00. The molecule has 16 heavy (non-hydrogen) atoms. The minimum atomic E-state index is -0.317. The SMILES string of the molecule is CC(c1ccncc1)C(O)C1CCCOC1. The smallest absolute Gasteiger partial charge is 0.0656 e. The van der Waals surface area contributed by atoms with Crippen LogP contribution >= 0.6 is 0 Å². The number of rotatable bonds is 3. The predicted octanol–water partition coefficient (Wildman–Crippen LogP) is 1.97. The third-order valence-corrected chi connectivity index (χ3v) is 3.42. The fourth-order valence-corrected chi connectivity index (χ4v) is 2.31. The van der Waals surface area contributed by atoms with E-state index < -0.39 is 0 Å². The largest absolute Gasteiger partial charge is 0.392 e. The highest BCUT2D eigenvalue weighted by Crippen LogP contribution is 2.28. The summed E-state index contributed by atoms with van der Waals surface area (Å²) in [4.78, 5) is 3.99. The zero-order valence-corrected chi connectivity index (χ0v) is 9.67. The van der Waals surface area contributed by atoms with Gasteiger partial charge in [0.1, 0.15) is 0 Å². The molecule has 0 saturated carbocycles. The highest BCUT2D eigenvalue weighted by atomic mass is 16.5. The van der Waals surface area contributed by atoms with Crippen molar-refractivity contribution in [2.24, 2.45) is 5.92 Å². The molecule has 1 aromatic rings. The first-order valence-electron chi connectivity index (χ1n) is 5.95. The van der Waals surface area contributed by atoms with Crippen LogP contribution in [-0.4, -0.2) is 29.4 Å². The van der Waals surface area contributed by atoms with Crippen LogP contribution in [0.15, 0.2) is 24.5 Å². The van der Waals surface area contributed by atoms with Crippen LogP contribution in [0.2, 0.25) is 0 Å². The second-order valence-electron chi connectivity index (χ2n) is 4.54. The quantitative estimate of drug-likeness (QED) is 0.848. The lowest BCUT2D eigenvalue weighted by Crippen LogP contribution is -2.32. The molecule has 3 nitrogen and oxygen atoms in total. The Morgan fingerprint density at radius 1 is 1.44 bits per heavy atom. The minimum Gasteiger partial charge on any atom is -0.392 e. The van der Waals surface area contributed by atoms with Crippen molar-refractivity contribution in [1.82, 2.24) is 4.98 Å². The van der Waals surface area contributed by atoms with E-state index in [4.69, 9.17) is 4.74 Å². The molecule has 0 aromatic carbocycles. The molecule has 3 unspecified atom stereocenters. The van der Waals surface area contributed by atoms with Gasteiger partial charge >= 0.3 is 0 Å². The summed E-state index contributed by atoms with van der Waals surface area (Å²) in [5.74, 6) is 0.423. The van der Waals surface area contributed by atoms with Crippen LogP contribution in [-0.2, 0) is 4.74 Å². The summed E-state index contributed by atoms with van der Waals surface area (Å²) in [6.07, 6.45) is 5.36. The Kier molecular flexibility index (Phi) is 3.91. The van der Waals surface area contributed by atoms with E-state index in [0.717, 1.165) is 25.0 Å². The molecule has 1 fully saturated rings. The summed E-state index contributed by atoms with van der Waals surface area (Å²) >= 11 is 0. The Morgan fingerprint density at radius 3 is 2.81 bits per heavy atom. The lowest BCUT2D eigenvalue weighted by molar-refractivity contribution is -0.0173. The molecule has 1 saturated heterocycles. The number of hydrogen-bond acceptors (Lipinski definition) is 3. The molecule has 1 aliphatic rings. The van der Waals surface area contributed by atoms with Crippen molar-refractivity contribution in [2.75, 3.05) is 13.2 Å². The maximum absolute atomic E-state index is 10.3. The zero-order chi connectivity index (χ0) is 11.4. The lowest BCUT2D eigenvalue weighted by Gasteiger charge is -2.30. The molecule has 0 aliphatic carbocycles. The van der Waals surface area contributed by atoms with Crippen LogP contribution in [0, 0.1) is 5.92 Å². The number of aromatic nitrogens is 1. The van der Waals surface area contributed by atoms with Crippen molar-refractivity contribution < 1.29 is 9.84 Å². The molecular formula is C13H19NO2. The van der Waals surface area contributed by atoms with Crippen molar-refractivity contribution in [1.29, 1.82) is 0 Å². The van der Waals surface area contributed by atoms with Gasteiger partial charge in [-0.05, 0) is 30.5 Å². The van der Waals surface area contributed by atoms with Gasteiger partial charge in [0.15, 0.2) is 0 Å². The molecule has 2 rings (SSSR count). The first-order valence-corrected chi connectivity index (χ1v) is 5.95. The topological polar surface area (TPSA) is 42.4 Å². The summed E-state index contributed by atoms with van der Waals surface area (Å²) in [5, 5.41) is 10.3. The number of aliphatic hydroxyl groups is 1. The number of ether oxygens (including phenoxy) is 1. The summed E-state index contributed by atoms with van der Waals surface area (Å²) in [5.41, 5.74) is 1.15. The zero-order valence-electron chi connectivity index (χ0n) is 9.67. The third kappa shape index (κ3) is 2.60. The van der Waals surface area contributed by atoms with E-state index in [9.17, 15) is 5.11 Å². The minimum absolute atomic E-state index is 0.148. The van der Waals surface area contributed by atoms with Gasteiger partial charge in [0.2, 0.25) is 0 Å². The molecule has 1 N–H and O–H groups in total. The summed E-state index contributed by atoms with van der Waals surface area (Å²) in [6.45, 7) is 3.60. The van der Waals surface area contributed by atoms with Gasteiger partial charge in [-0.15, -0.1) is 0 Å². The number of hydrogen-bond donors (Lipinski definition) is 1. The third-order valence-electron chi connectivity index (χ3n) is 3.42. The van der Waals surface area contributed by atoms with Crippen LogP contribution in [0.3, 0.4) is 0 Å². The van der Waals surface area contributed by atoms with Crippen LogP contribution in [0.5, 0.6) is 0 Å².